The van der Waals surface area contributed by atoms with Crippen LogP contribution >= 0.6 is 11.3 Å². The summed E-state index contributed by atoms with van der Waals surface area (Å²) < 4.78 is 2.20. The van der Waals surface area contributed by atoms with Gasteiger partial charge in [0.05, 0.1) is 12.1 Å². The smallest absolute Gasteiger partial charge is 0.281 e. The van der Waals surface area contributed by atoms with Crippen LogP contribution in [0.4, 0.5) is 0 Å². The second-order valence-electron chi connectivity index (χ2n) is 6.81. The average Bonchev–Trinajstić information content (AvgIpc) is 3.33. The number of carbonyl (C=O) groups excluding carboxylic acids is 1. The second kappa shape index (κ2) is 6.63. The quantitative estimate of drug-likeness (QED) is 0.585. The number of nitrogens with one attached hydrogen (secondary N) is 1. The minimum atomic E-state index is -0.236. The molecule has 1 aliphatic carbocycles. The number of benzene rings is 1. The highest BCUT2D eigenvalue weighted by atomic mass is 32.1. The number of nitrogens with zero attached hydrogens (tertiary/aromatic N) is 3. The van der Waals surface area contributed by atoms with Crippen LogP contribution < -0.4 is 4.80 Å². The molecule has 0 saturated heterocycles. The number of thiazole rings is 1. The van der Waals surface area contributed by atoms with E-state index in [4.69, 9.17) is 0 Å². The van der Waals surface area contributed by atoms with E-state index in [1.165, 1.54) is 24.1 Å². The molecule has 6 heteroatoms. The third-order valence-electron chi connectivity index (χ3n) is 4.89. The molecule has 1 aliphatic rings. The summed E-state index contributed by atoms with van der Waals surface area (Å²) in [6.45, 7) is 0.734. The molecule has 0 atom stereocenters. The highest BCUT2D eigenvalue weighted by Gasteiger charge is 2.27. The van der Waals surface area contributed by atoms with E-state index in [1.807, 2.05) is 30.3 Å². The number of amides is 1. The summed E-state index contributed by atoms with van der Waals surface area (Å²) in [5.41, 5.74) is 3.77. The first-order chi connectivity index (χ1) is 13.3. The third-order valence-corrected chi connectivity index (χ3v) is 5.77. The van der Waals surface area contributed by atoms with Crippen molar-refractivity contribution >= 4 is 28.3 Å². The summed E-state index contributed by atoms with van der Waals surface area (Å²) in [5, 5.41) is 2.96. The molecule has 27 heavy (non-hydrogen) atoms. The predicted octanol–water partition coefficient (Wildman–Crippen LogP) is 4.09. The van der Waals surface area contributed by atoms with E-state index in [9.17, 15) is 4.79 Å². The molecule has 0 unspecified atom stereocenters. The van der Waals surface area contributed by atoms with Gasteiger partial charge in [-0.25, -0.2) is 4.98 Å². The Labute approximate surface area is 160 Å². The molecule has 1 saturated carbocycles. The number of carbonyl (C=O) groups is 1. The first kappa shape index (κ1) is 16.2. The Morgan fingerprint density at radius 3 is 2.89 bits per heavy atom. The van der Waals surface area contributed by atoms with Gasteiger partial charge in [0.15, 0.2) is 4.80 Å². The van der Waals surface area contributed by atoms with E-state index < -0.39 is 0 Å². The van der Waals surface area contributed by atoms with E-state index in [0.29, 0.717) is 17.1 Å². The molecule has 3 aromatic heterocycles. The molecular weight excluding hydrogens is 356 g/mol. The van der Waals surface area contributed by atoms with Gasteiger partial charge in [-0.3, -0.25) is 4.79 Å². The lowest BCUT2D eigenvalue weighted by molar-refractivity contribution is 0.0999. The van der Waals surface area contributed by atoms with Crippen LogP contribution in [0.15, 0.2) is 65.2 Å². The molecule has 134 valence electrons. The number of fused-ring (bicyclic) bond motifs is 1. The summed E-state index contributed by atoms with van der Waals surface area (Å²) in [6.07, 6.45) is 5.83. The van der Waals surface area contributed by atoms with Crippen LogP contribution in [0, 0.1) is 0 Å². The first-order valence-electron chi connectivity index (χ1n) is 9.03. The minimum Gasteiger partial charge on any atom is -0.345 e. The van der Waals surface area contributed by atoms with E-state index in [0.717, 1.165) is 16.7 Å². The number of H-pyrrole nitrogens is 1. The Morgan fingerprint density at radius 1 is 1.22 bits per heavy atom. The number of hydrogen-bond acceptors (Lipinski definition) is 3. The van der Waals surface area contributed by atoms with Crippen molar-refractivity contribution < 1.29 is 4.79 Å². The Hall–Kier alpha value is -2.99. The first-order valence-corrected chi connectivity index (χ1v) is 9.91. The van der Waals surface area contributed by atoms with Crippen LogP contribution in [0.3, 0.4) is 0 Å². The van der Waals surface area contributed by atoms with Gasteiger partial charge in [0, 0.05) is 34.8 Å². The fourth-order valence-corrected chi connectivity index (χ4v) is 4.32. The van der Waals surface area contributed by atoms with Crippen molar-refractivity contribution in [3.8, 4) is 0 Å². The van der Waals surface area contributed by atoms with E-state index in [1.54, 1.807) is 23.7 Å². The van der Waals surface area contributed by atoms with Crippen LogP contribution in [-0.2, 0) is 6.54 Å². The fraction of sp³-hybridized carbons (Fsp3) is 0.190. The Bertz CT molecular complexity index is 1180. The van der Waals surface area contributed by atoms with Gasteiger partial charge in [-0.1, -0.05) is 30.3 Å². The zero-order chi connectivity index (χ0) is 18.2. The van der Waals surface area contributed by atoms with Crippen LogP contribution in [0.25, 0.3) is 11.0 Å². The summed E-state index contributed by atoms with van der Waals surface area (Å²) in [5.74, 6) is 0.363. The topological polar surface area (TPSA) is 63.0 Å². The fourth-order valence-electron chi connectivity index (χ4n) is 3.34. The summed E-state index contributed by atoms with van der Waals surface area (Å²) >= 11 is 1.54. The molecule has 1 amide bonds. The number of hydrogen-bond donors (Lipinski definition) is 1. The summed E-state index contributed by atoms with van der Waals surface area (Å²) in [4.78, 5) is 25.4. The molecule has 5 nitrogen and oxygen atoms in total. The lowest BCUT2D eigenvalue weighted by atomic mass is 10.2. The van der Waals surface area contributed by atoms with Crippen LogP contribution in [0.2, 0.25) is 0 Å². The van der Waals surface area contributed by atoms with E-state index in [-0.39, 0.29) is 5.91 Å². The lowest BCUT2D eigenvalue weighted by Crippen LogP contribution is -2.20. The maximum Gasteiger partial charge on any atom is 0.281 e. The van der Waals surface area contributed by atoms with Gasteiger partial charge in [0.25, 0.3) is 5.91 Å². The van der Waals surface area contributed by atoms with Crippen molar-refractivity contribution in [2.75, 3.05) is 0 Å². The predicted molar refractivity (Wildman–Crippen MR) is 106 cm³/mol. The number of aromatic nitrogens is 3. The summed E-state index contributed by atoms with van der Waals surface area (Å²) in [6, 6.07) is 14.0. The Balaban J connectivity index is 1.57. The number of rotatable bonds is 4. The van der Waals surface area contributed by atoms with Crippen molar-refractivity contribution in [3.63, 3.8) is 0 Å². The lowest BCUT2D eigenvalue weighted by Gasteiger charge is -2.08. The van der Waals surface area contributed by atoms with Gasteiger partial charge < -0.3 is 9.55 Å². The van der Waals surface area contributed by atoms with Crippen LogP contribution in [-0.4, -0.2) is 20.4 Å². The summed E-state index contributed by atoms with van der Waals surface area (Å²) in [7, 11) is 0. The molecular formula is C21H18N4OS. The normalized spacial score (nSPS) is 14.7. The van der Waals surface area contributed by atoms with Gasteiger partial charge in [-0.2, -0.15) is 4.99 Å². The molecule has 0 spiro atoms. The van der Waals surface area contributed by atoms with Crippen molar-refractivity contribution in [2.45, 2.75) is 25.3 Å². The van der Waals surface area contributed by atoms with Gasteiger partial charge in [0.1, 0.15) is 5.65 Å². The van der Waals surface area contributed by atoms with Crippen molar-refractivity contribution in [3.05, 3.63) is 81.9 Å². The zero-order valence-electron chi connectivity index (χ0n) is 14.6. The van der Waals surface area contributed by atoms with Gasteiger partial charge in [-0.05, 0) is 30.5 Å². The molecule has 0 aliphatic heterocycles. The standard InChI is InChI=1S/C21H18N4OS/c26-20(17-11-23-19-16(17)7-4-10-22-19)24-21-25(12-14-5-2-1-3-6-14)18(13-27-21)15-8-9-15/h1-7,10-11,13,15H,8-9,12H2,(H,22,23). The van der Waals surface area contributed by atoms with Crippen molar-refractivity contribution in [1.82, 2.24) is 14.5 Å². The van der Waals surface area contributed by atoms with Crippen LogP contribution in [0.5, 0.6) is 0 Å². The van der Waals surface area contributed by atoms with Crippen LogP contribution in [0.1, 0.15) is 40.4 Å². The van der Waals surface area contributed by atoms with E-state index in [2.05, 4.69) is 37.0 Å². The van der Waals surface area contributed by atoms with Gasteiger partial charge in [0.2, 0.25) is 0 Å². The molecule has 5 rings (SSSR count). The van der Waals surface area contributed by atoms with Crippen molar-refractivity contribution in [2.24, 2.45) is 4.99 Å². The maximum atomic E-state index is 12.9. The minimum absolute atomic E-state index is 0.236. The highest BCUT2D eigenvalue weighted by Crippen LogP contribution is 2.40. The number of aromatic amines is 1. The van der Waals surface area contributed by atoms with Crippen molar-refractivity contribution in [1.29, 1.82) is 0 Å². The average molecular weight is 374 g/mol. The molecule has 1 aromatic carbocycles. The molecule has 0 bridgehead atoms. The SMILES string of the molecule is O=C(N=c1scc(C2CC2)n1Cc1ccccc1)c1c[nH]c2ncccc12. The molecule has 0 radical (unpaired) electrons. The molecule has 1 N–H and O–H groups in total. The monoisotopic (exact) mass is 374 g/mol. The zero-order valence-corrected chi connectivity index (χ0v) is 15.4. The van der Waals surface area contributed by atoms with Gasteiger partial charge >= 0.3 is 0 Å². The van der Waals surface area contributed by atoms with E-state index >= 15 is 0 Å². The Morgan fingerprint density at radius 2 is 2.07 bits per heavy atom. The maximum absolute atomic E-state index is 12.9. The molecule has 3 heterocycles. The largest absolute Gasteiger partial charge is 0.345 e. The third kappa shape index (κ3) is 3.13. The number of pyridine rings is 1. The molecule has 4 aromatic rings. The second-order valence-corrected chi connectivity index (χ2v) is 7.64. The Kier molecular flexibility index (Phi) is 3.98. The molecule has 1 fully saturated rings. The highest BCUT2D eigenvalue weighted by molar-refractivity contribution is 7.07. The van der Waals surface area contributed by atoms with Gasteiger partial charge in [-0.15, -0.1) is 11.3 Å².